The topological polar surface area (TPSA) is 82.4 Å². The lowest BCUT2D eigenvalue weighted by atomic mass is 10.2. The molecule has 0 unspecified atom stereocenters. The molecule has 2 aromatic heterocycles. The van der Waals surface area contributed by atoms with Crippen molar-refractivity contribution >= 4 is 43.9 Å². The van der Waals surface area contributed by atoms with E-state index in [0.717, 1.165) is 22.9 Å². The number of carbonyl (C=O) groups excluding carboxylic acids is 1. The highest BCUT2D eigenvalue weighted by Crippen LogP contribution is 2.27. The van der Waals surface area contributed by atoms with E-state index in [1.165, 1.54) is 0 Å². The molecule has 1 aliphatic rings. The first-order chi connectivity index (χ1) is 12.0. The molecule has 0 aliphatic carbocycles. The van der Waals surface area contributed by atoms with Crippen molar-refractivity contribution in [2.24, 2.45) is 0 Å². The van der Waals surface area contributed by atoms with Gasteiger partial charge in [0.2, 0.25) is 11.5 Å². The molecule has 8 heteroatoms. The molecule has 25 heavy (non-hydrogen) atoms. The summed E-state index contributed by atoms with van der Waals surface area (Å²) in [4.78, 5) is 35.2. The van der Waals surface area contributed by atoms with Gasteiger partial charge in [-0.2, -0.15) is 0 Å². The summed E-state index contributed by atoms with van der Waals surface area (Å²) in [6, 6.07) is 5.60. The zero-order chi connectivity index (χ0) is 17.6. The third-order valence-electron chi connectivity index (χ3n) is 4.53. The lowest BCUT2D eigenvalue weighted by Gasteiger charge is -2.33. The highest BCUT2D eigenvalue weighted by molar-refractivity contribution is 9.10. The van der Waals surface area contributed by atoms with Gasteiger partial charge in [-0.05, 0) is 18.2 Å². The van der Waals surface area contributed by atoms with Crippen LogP contribution >= 0.6 is 15.9 Å². The van der Waals surface area contributed by atoms with E-state index < -0.39 is 0 Å². The second-order valence-electron chi connectivity index (χ2n) is 6.22. The molecule has 4 rings (SSSR count). The monoisotopic (exact) mass is 404 g/mol. The highest BCUT2D eigenvalue weighted by atomic mass is 79.9. The lowest BCUT2D eigenvalue weighted by molar-refractivity contribution is -0.130. The summed E-state index contributed by atoms with van der Waals surface area (Å²) in [6.45, 7) is 5.05. The molecular weight excluding hydrogens is 388 g/mol. The summed E-state index contributed by atoms with van der Waals surface area (Å²) in [5.74, 6) is 0.708. The largest absolute Gasteiger partial charge is 0.449 e. The number of H-pyrrole nitrogens is 1. The Bertz CT molecular complexity index is 1020. The number of halogens is 1. The standard InChI is InChI=1S/C17H17BrN4O3/c1-10(23)22-6-4-21(5-7-22)9-14-19-15-12-8-11(18)2-3-13(12)25-16(15)17(24)20-14/h2-3,8H,4-7,9H2,1H3,(H,19,20,24). The number of hydrogen-bond acceptors (Lipinski definition) is 5. The van der Waals surface area contributed by atoms with Crippen LogP contribution in [-0.4, -0.2) is 51.9 Å². The van der Waals surface area contributed by atoms with Crippen LogP contribution in [0.4, 0.5) is 0 Å². The van der Waals surface area contributed by atoms with Crippen LogP contribution in [0.1, 0.15) is 12.7 Å². The van der Waals surface area contributed by atoms with Gasteiger partial charge >= 0.3 is 0 Å². The predicted octanol–water partition coefficient (Wildman–Crippen LogP) is 2.10. The number of carbonyl (C=O) groups is 1. The van der Waals surface area contributed by atoms with Crippen molar-refractivity contribution in [3.63, 3.8) is 0 Å². The van der Waals surface area contributed by atoms with Gasteiger partial charge in [0.1, 0.15) is 16.9 Å². The number of aromatic amines is 1. The smallest absolute Gasteiger partial charge is 0.294 e. The minimum atomic E-state index is -0.269. The van der Waals surface area contributed by atoms with E-state index in [0.29, 0.717) is 36.6 Å². The third-order valence-corrected chi connectivity index (χ3v) is 5.02. The van der Waals surface area contributed by atoms with E-state index in [1.54, 1.807) is 6.92 Å². The van der Waals surface area contributed by atoms with Gasteiger partial charge in [-0.15, -0.1) is 0 Å². The summed E-state index contributed by atoms with van der Waals surface area (Å²) < 4.78 is 6.55. The molecule has 1 fully saturated rings. The van der Waals surface area contributed by atoms with Gasteiger partial charge in [0.25, 0.3) is 5.56 Å². The average molecular weight is 405 g/mol. The van der Waals surface area contributed by atoms with Gasteiger partial charge in [-0.1, -0.05) is 15.9 Å². The molecule has 1 aromatic carbocycles. The third kappa shape index (κ3) is 3.07. The molecule has 7 nitrogen and oxygen atoms in total. The summed E-state index contributed by atoms with van der Waals surface area (Å²) in [5, 5.41) is 0.818. The number of piperazine rings is 1. The van der Waals surface area contributed by atoms with Crippen molar-refractivity contribution in [2.45, 2.75) is 13.5 Å². The van der Waals surface area contributed by atoms with Crippen LogP contribution in [-0.2, 0) is 11.3 Å². The second-order valence-corrected chi connectivity index (χ2v) is 7.13. The summed E-state index contributed by atoms with van der Waals surface area (Å²) in [5.41, 5.74) is 1.20. The Labute approximate surface area is 151 Å². The molecule has 1 amide bonds. The molecule has 0 radical (unpaired) electrons. The Kier molecular flexibility index (Phi) is 4.09. The highest BCUT2D eigenvalue weighted by Gasteiger charge is 2.20. The number of furan rings is 1. The molecule has 1 aliphatic heterocycles. The van der Waals surface area contributed by atoms with E-state index in [-0.39, 0.29) is 17.0 Å². The normalized spacial score (nSPS) is 16.0. The predicted molar refractivity (Wildman–Crippen MR) is 97.4 cm³/mol. The van der Waals surface area contributed by atoms with Crippen LogP contribution in [0.15, 0.2) is 31.9 Å². The van der Waals surface area contributed by atoms with Gasteiger partial charge in [-0.25, -0.2) is 4.98 Å². The number of amides is 1. The molecule has 1 saturated heterocycles. The molecular formula is C17H17BrN4O3. The maximum atomic E-state index is 12.4. The summed E-state index contributed by atoms with van der Waals surface area (Å²) in [7, 11) is 0. The van der Waals surface area contributed by atoms with Crippen LogP contribution < -0.4 is 5.56 Å². The van der Waals surface area contributed by atoms with Gasteiger partial charge in [0.05, 0.1) is 6.54 Å². The number of aromatic nitrogens is 2. The molecule has 0 saturated carbocycles. The van der Waals surface area contributed by atoms with Crippen LogP contribution in [0.2, 0.25) is 0 Å². The maximum Gasteiger partial charge on any atom is 0.294 e. The van der Waals surface area contributed by atoms with E-state index >= 15 is 0 Å². The zero-order valence-corrected chi connectivity index (χ0v) is 15.3. The Morgan fingerprint density at radius 3 is 2.80 bits per heavy atom. The fourth-order valence-electron chi connectivity index (χ4n) is 3.18. The van der Waals surface area contributed by atoms with Gasteiger partial charge < -0.3 is 14.3 Å². The lowest BCUT2D eigenvalue weighted by Crippen LogP contribution is -2.47. The number of rotatable bonds is 2. The van der Waals surface area contributed by atoms with E-state index in [2.05, 4.69) is 30.8 Å². The molecule has 0 bridgehead atoms. The molecule has 130 valence electrons. The van der Waals surface area contributed by atoms with Crippen LogP contribution in [0, 0.1) is 0 Å². The van der Waals surface area contributed by atoms with Crippen molar-refractivity contribution in [2.75, 3.05) is 26.2 Å². The Morgan fingerprint density at radius 1 is 1.32 bits per heavy atom. The van der Waals surface area contributed by atoms with Crippen LogP contribution in [0.5, 0.6) is 0 Å². The number of nitrogens with one attached hydrogen (secondary N) is 1. The minimum absolute atomic E-state index is 0.100. The second kappa shape index (κ2) is 6.27. The fraction of sp³-hybridized carbons (Fsp3) is 0.353. The number of benzene rings is 1. The number of nitrogens with zero attached hydrogens (tertiary/aromatic N) is 3. The summed E-state index contributed by atoms with van der Waals surface area (Å²) in [6.07, 6.45) is 0. The Balaban J connectivity index is 1.64. The Hall–Kier alpha value is -2.19. The molecule has 0 atom stereocenters. The van der Waals surface area contributed by atoms with Crippen molar-refractivity contribution in [1.29, 1.82) is 0 Å². The number of fused-ring (bicyclic) bond motifs is 3. The quantitative estimate of drug-likeness (QED) is 0.706. The Morgan fingerprint density at radius 2 is 2.08 bits per heavy atom. The fourth-order valence-corrected chi connectivity index (χ4v) is 3.54. The van der Waals surface area contributed by atoms with Gasteiger partial charge in [0, 0.05) is 43.0 Å². The van der Waals surface area contributed by atoms with E-state index in [9.17, 15) is 9.59 Å². The molecule has 3 heterocycles. The maximum absolute atomic E-state index is 12.4. The first-order valence-corrected chi connectivity index (χ1v) is 8.89. The summed E-state index contributed by atoms with van der Waals surface area (Å²) >= 11 is 3.44. The van der Waals surface area contributed by atoms with E-state index in [1.807, 2.05) is 23.1 Å². The van der Waals surface area contributed by atoms with Gasteiger partial charge in [0.15, 0.2) is 0 Å². The van der Waals surface area contributed by atoms with Crippen LogP contribution in [0.3, 0.4) is 0 Å². The number of hydrogen-bond donors (Lipinski definition) is 1. The zero-order valence-electron chi connectivity index (χ0n) is 13.7. The molecule has 1 N–H and O–H groups in total. The first kappa shape index (κ1) is 16.3. The van der Waals surface area contributed by atoms with Crippen LogP contribution in [0.25, 0.3) is 22.1 Å². The first-order valence-electron chi connectivity index (χ1n) is 8.10. The molecule has 3 aromatic rings. The SMILES string of the molecule is CC(=O)N1CCN(Cc2nc3c(oc4ccc(Br)cc43)c(=O)[nH]2)CC1. The molecule has 0 spiro atoms. The van der Waals surface area contributed by atoms with Crippen molar-refractivity contribution in [1.82, 2.24) is 19.8 Å². The minimum Gasteiger partial charge on any atom is -0.449 e. The van der Waals surface area contributed by atoms with Crippen molar-refractivity contribution < 1.29 is 9.21 Å². The van der Waals surface area contributed by atoms with Crippen molar-refractivity contribution in [3.8, 4) is 0 Å². The van der Waals surface area contributed by atoms with E-state index in [4.69, 9.17) is 4.42 Å². The average Bonchev–Trinajstić information content (AvgIpc) is 2.94. The van der Waals surface area contributed by atoms with Crippen molar-refractivity contribution in [3.05, 3.63) is 38.9 Å². The van der Waals surface area contributed by atoms with Gasteiger partial charge in [-0.3, -0.25) is 14.5 Å².